The van der Waals surface area contributed by atoms with Crippen molar-refractivity contribution in [3.05, 3.63) is 77.1 Å². The van der Waals surface area contributed by atoms with Gasteiger partial charge in [-0.1, -0.05) is 60.2 Å². The first-order valence-electron chi connectivity index (χ1n) is 11.4. The van der Waals surface area contributed by atoms with Crippen LogP contribution in [0.5, 0.6) is 0 Å². The maximum atomic E-state index is 12.7. The van der Waals surface area contributed by atoms with E-state index >= 15 is 0 Å². The Morgan fingerprint density at radius 1 is 1.09 bits per heavy atom. The summed E-state index contributed by atoms with van der Waals surface area (Å²) in [5, 5.41) is 3.83. The lowest BCUT2D eigenvalue weighted by Gasteiger charge is -2.26. The molecule has 33 heavy (non-hydrogen) atoms. The van der Waals surface area contributed by atoms with Gasteiger partial charge in [-0.3, -0.25) is 9.69 Å². The summed E-state index contributed by atoms with van der Waals surface area (Å²) in [6, 6.07) is 18.6. The maximum Gasteiger partial charge on any atom is 0.239 e. The lowest BCUT2D eigenvalue weighted by Crippen LogP contribution is -2.43. The summed E-state index contributed by atoms with van der Waals surface area (Å²) in [7, 11) is 0. The molecule has 2 heterocycles. The van der Waals surface area contributed by atoms with E-state index in [1.54, 1.807) is 0 Å². The van der Waals surface area contributed by atoms with Crippen LogP contribution in [-0.4, -0.2) is 66.1 Å². The minimum atomic E-state index is -0.00512. The van der Waals surface area contributed by atoms with E-state index in [9.17, 15) is 4.79 Å². The first-order chi connectivity index (χ1) is 16.2. The van der Waals surface area contributed by atoms with Gasteiger partial charge in [-0.25, -0.2) is 4.98 Å². The number of anilines is 1. The summed E-state index contributed by atoms with van der Waals surface area (Å²) < 4.78 is 9.95. The third-order valence-electron chi connectivity index (χ3n) is 5.62. The van der Waals surface area contributed by atoms with Crippen LogP contribution in [0.25, 0.3) is 0 Å². The monoisotopic (exact) mass is 465 g/mol. The molecule has 3 aromatic rings. The first kappa shape index (κ1) is 23.4. The van der Waals surface area contributed by atoms with Crippen LogP contribution in [0.1, 0.15) is 22.5 Å². The Hall–Kier alpha value is -2.81. The summed E-state index contributed by atoms with van der Waals surface area (Å²) >= 11 is 1.35. The van der Waals surface area contributed by atoms with Gasteiger partial charge in [-0.05, 0) is 18.1 Å². The number of carbonyl (C=O) groups is 1. The Balaban J connectivity index is 1.38. The number of benzene rings is 2. The fourth-order valence-corrected chi connectivity index (χ4v) is 4.42. The van der Waals surface area contributed by atoms with Gasteiger partial charge in [0.15, 0.2) is 0 Å². The van der Waals surface area contributed by atoms with E-state index in [1.807, 2.05) is 23.1 Å². The second kappa shape index (κ2) is 11.9. The molecule has 1 aromatic heterocycles. The van der Waals surface area contributed by atoms with Crippen molar-refractivity contribution in [1.29, 1.82) is 0 Å². The molecular weight excluding hydrogens is 434 g/mol. The smallest absolute Gasteiger partial charge is 0.239 e. The fourth-order valence-electron chi connectivity index (χ4n) is 3.74. The number of rotatable bonds is 10. The zero-order chi connectivity index (χ0) is 22.9. The predicted molar refractivity (Wildman–Crippen MR) is 132 cm³/mol. The number of morpholine rings is 1. The summed E-state index contributed by atoms with van der Waals surface area (Å²) in [5.41, 5.74) is 3.55. The minimum Gasteiger partial charge on any atom is -0.379 e. The number of aromatic nitrogens is 2. The van der Waals surface area contributed by atoms with Crippen LogP contribution in [0.2, 0.25) is 0 Å². The SMILES string of the molecule is Cc1ccc(Cc2nsc(N(CC(=O)NCCN3CCOCC3)Cc3ccccc3)n2)cc1. The quantitative estimate of drug-likeness (QED) is 0.497. The highest BCUT2D eigenvalue weighted by atomic mass is 32.1. The number of hydrogen-bond acceptors (Lipinski definition) is 7. The first-order valence-corrected chi connectivity index (χ1v) is 12.2. The molecule has 0 aliphatic carbocycles. The summed E-state index contributed by atoms with van der Waals surface area (Å²) in [6.45, 7) is 7.78. The van der Waals surface area contributed by atoms with E-state index in [0.29, 0.717) is 19.5 Å². The van der Waals surface area contributed by atoms with Crippen LogP contribution in [0, 0.1) is 6.92 Å². The summed E-state index contributed by atoms with van der Waals surface area (Å²) in [4.78, 5) is 21.8. The number of nitrogens with zero attached hydrogens (tertiary/aromatic N) is 4. The van der Waals surface area contributed by atoms with Crippen molar-refractivity contribution in [2.75, 3.05) is 50.8 Å². The molecule has 8 heteroatoms. The van der Waals surface area contributed by atoms with Gasteiger partial charge in [0.05, 0.1) is 19.8 Å². The van der Waals surface area contributed by atoms with Gasteiger partial charge in [0.1, 0.15) is 5.82 Å². The highest BCUT2D eigenvalue weighted by Gasteiger charge is 2.18. The zero-order valence-corrected chi connectivity index (χ0v) is 19.9. The molecule has 1 N–H and O–H groups in total. The Labute approximate surface area is 199 Å². The van der Waals surface area contributed by atoms with Crippen LogP contribution < -0.4 is 10.2 Å². The molecule has 1 aliphatic heterocycles. The van der Waals surface area contributed by atoms with E-state index in [-0.39, 0.29) is 12.5 Å². The lowest BCUT2D eigenvalue weighted by atomic mass is 10.1. The molecule has 0 unspecified atom stereocenters. The molecule has 1 saturated heterocycles. The van der Waals surface area contributed by atoms with Gasteiger partial charge in [0.2, 0.25) is 11.0 Å². The molecule has 4 rings (SSSR count). The third kappa shape index (κ3) is 7.35. The summed E-state index contributed by atoms with van der Waals surface area (Å²) in [5.74, 6) is 0.777. The Kier molecular flexibility index (Phi) is 8.41. The van der Waals surface area contributed by atoms with E-state index in [1.165, 1.54) is 22.7 Å². The van der Waals surface area contributed by atoms with Crippen LogP contribution in [-0.2, 0) is 22.5 Å². The molecule has 174 valence electrons. The van der Waals surface area contributed by atoms with Gasteiger partial charge >= 0.3 is 0 Å². The van der Waals surface area contributed by atoms with Gasteiger partial charge < -0.3 is 15.0 Å². The average Bonchev–Trinajstić information content (AvgIpc) is 3.30. The van der Waals surface area contributed by atoms with Crippen molar-refractivity contribution in [2.45, 2.75) is 19.9 Å². The number of ether oxygens (including phenoxy) is 1. The highest BCUT2D eigenvalue weighted by Crippen LogP contribution is 2.21. The van der Waals surface area contributed by atoms with Gasteiger partial charge in [-0.2, -0.15) is 4.37 Å². The molecule has 0 bridgehead atoms. The molecule has 0 atom stereocenters. The van der Waals surface area contributed by atoms with Crippen molar-refractivity contribution < 1.29 is 9.53 Å². The van der Waals surface area contributed by atoms with Crippen molar-refractivity contribution >= 4 is 22.6 Å². The normalized spacial score (nSPS) is 14.2. The lowest BCUT2D eigenvalue weighted by molar-refractivity contribution is -0.119. The molecule has 0 saturated carbocycles. The minimum absolute atomic E-state index is 0.00512. The second-order valence-electron chi connectivity index (χ2n) is 8.30. The van der Waals surface area contributed by atoms with E-state index in [2.05, 4.69) is 57.9 Å². The van der Waals surface area contributed by atoms with Crippen LogP contribution in [0.3, 0.4) is 0 Å². The predicted octanol–water partition coefficient (Wildman–Crippen LogP) is 2.89. The maximum absolute atomic E-state index is 12.7. The van der Waals surface area contributed by atoms with E-state index in [0.717, 1.165) is 49.4 Å². The van der Waals surface area contributed by atoms with E-state index in [4.69, 9.17) is 9.72 Å². The molecule has 7 nitrogen and oxygen atoms in total. The summed E-state index contributed by atoms with van der Waals surface area (Å²) in [6.07, 6.45) is 0.682. The van der Waals surface area contributed by atoms with Gasteiger partial charge in [0, 0.05) is 50.7 Å². The number of hydrogen-bond donors (Lipinski definition) is 1. The molecule has 1 aliphatic rings. The fraction of sp³-hybridized carbons (Fsp3) is 0.400. The Morgan fingerprint density at radius 2 is 1.85 bits per heavy atom. The molecule has 0 spiro atoms. The number of aryl methyl sites for hydroxylation is 1. The topological polar surface area (TPSA) is 70.6 Å². The van der Waals surface area contributed by atoms with Crippen molar-refractivity contribution in [3.63, 3.8) is 0 Å². The second-order valence-corrected chi connectivity index (χ2v) is 9.03. The molecular formula is C25H31N5O2S. The Bertz CT molecular complexity index is 1000. The van der Waals surface area contributed by atoms with Crippen LogP contribution in [0.4, 0.5) is 5.13 Å². The van der Waals surface area contributed by atoms with Crippen molar-refractivity contribution in [1.82, 2.24) is 19.6 Å². The third-order valence-corrected chi connectivity index (χ3v) is 6.43. The molecule has 0 radical (unpaired) electrons. The Morgan fingerprint density at radius 3 is 2.61 bits per heavy atom. The highest BCUT2D eigenvalue weighted by molar-refractivity contribution is 7.09. The number of nitrogens with one attached hydrogen (secondary N) is 1. The van der Waals surface area contributed by atoms with Crippen molar-refractivity contribution in [3.8, 4) is 0 Å². The van der Waals surface area contributed by atoms with Crippen LogP contribution in [0.15, 0.2) is 54.6 Å². The number of carbonyl (C=O) groups excluding carboxylic acids is 1. The molecule has 2 aromatic carbocycles. The van der Waals surface area contributed by atoms with Crippen LogP contribution >= 0.6 is 11.5 Å². The molecule has 1 fully saturated rings. The average molecular weight is 466 g/mol. The largest absolute Gasteiger partial charge is 0.379 e. The van der Waals surface area contributed by atoms with Gasteiger partial charge in [0.25, 0.3) is 0 Å². The van der Waals surface area contributed by atoms with E-state index < -0.39 is 0 Å². The molecule has 1 amide bonds. The number of amides is 1. The van der Waals surface area contributed by atoms with Crippen molar-refractivity contribution in [2.24, 2.45) is 0 Å². The zero-order valence-electron chi connectivity index (χ0n) is 19.1. The standard InChI is InChI=1S/C25H31N5O2S/c1-20-7-9-21(10-8-20)17-23-27-25(33-28-23)30(18-22-5-3-2-4-6-22)19-24(31)26-11-12-29-13-15-32-16-14-29/h2-10H,11-19H2,1H3,(H,26,31). The van der Waals surface area contributed by atoms with Gasteiger partial charge in [-0.15, -0.1) is 0 Å².